The van der Waals surface area contributed by atoms with Crippen molar-refractivity contribution < 1.29 is 9.59 Å². The SMILES string of the molecule is CN(C)c1ccc(C2c3sc(=O)[nH]c3SC3C4CC(C5C(=O)N(c6ccc(Cl)cc6)C(=O)C45)C23)cc1. The van der Waals surface area contributed by atoms with E-state index >= 15 is 0 Å². The van der Waals surface area contributed by atoms with Gasteiger partial charge in [0.2, 0.25) is 11.8 Å². The first-order valence-electron chi connectivity index (χ1n) is 12.1. The molecule has 6 nitrogen and oxygen atoms in total. The highest BCUT2D eigenvalue weighted by atomic mass is 35.5. The normalized spacial score (nSPS) is 32.0. The Morgan fingerprint density at radius 3 is 2.28 bits per heavy atom. The lowest BCUT2D eigenvalue weighted by molar-refractivity contribution is -0.123. The summed E-state index contributed by atoms with van der Waals surface area (Å²) in [5.41, 5.74) is 2.88. The van der Waals surface area contributed by atoms with Gasteiger partial charge >= 0.3 is 4.87 Å². The number of nitrogens with zero attached hydrogens (tertiary/aromatic N) is 2. The number of hydrogen-bond donors (Lipinski definition) is 1. The topological polar surface area (TPSA) is 73.5 Å². The van der Waals surface area contributed by atoms with Gasteiger partial charge in [0.05, 0.1) is 22.5 Å². The van der Waals surface area contributed by atoms with E-state index < -0.39 is 0 Å². The Balaban J connectivity index is 1.31. The molecule has 2 amide bonds. The second-order valence-corrected chi connectivity index (χ2v) is 13.1. The van der Waals surface area contributed by atoms with Crippen LogP contribution in [0.5, 0.6) is 0 Å². The number of H-pyrrole nitrogens is 1. The number of aromatic amines is 1. The summed E-state index contributed by atoms with van der Waals surface area (Å²) in [5.74, 6) is -0.314. The van der Waals surface area contributed by atoms with Crippen molar-refractivity contribution in [3.8, 4) is 0 Å². The van der Waals surface area contributed by atoms with Crippen molar-refractivity contribution in [2.45, 2.75) is 22.6 Å². The molecule has 3 aromatic rings. The highest BCUT2D eigenvalue weighted by molar-refractivity contribution is 8.00. The lowest BCUT2D eigenvalue weighted by Gasteiger charge is -2.43. The zero-order chi connectivity index (χ0) is 24.9. The third-order valence-corrected chi connectivity index (χ3v) is 11.4. The fourth-order valence-electron chi connectivity index (χ4n) is 7.21. The zero-order valence-electron chi connectivity index (χ0n) is 19.7. The molecule has 3 fully saturated rings. The first kappa shape index (κ1) is 22.6. The number of anilines is 2. The van der Waals surface area contributed by atoms with Crippen LogP contribution < -0.4 is 14.7 Å². The van der Waals surface area contributed by atoms with Gasteiger partial charge in [-0.15, -0.1) is 11.8 Å². The van der Waals surface area contributed by atoms with Crippen LogP contribution in [0.25, 0.3) is 0 Å². The molecule has 2 aromatic carbocycles. The number of aromatic nitrogens is 1. The van der Waals surface area contributed by atoms with Gasteiger partial charge in [-0.05, 0) is 66.1 Å². The van der Waals surface area contributed by atoms with Gasteiger partial charge in [-0.3, -0.25) is 19.3 Å². The molecule has 2 bridgehead atoms. The molecule has 2 saturated carbocycles. The Hall–Kier alpha value is -2.55. The number of carbonyl (C=O) groups excluding carboxylic acids is 2. The maximum Gasteiger partial charge on any atom is 0.305 e. The number of fused-ring (bicyclic) bond motifs is 9. The molecule has 1 N–H and O–H groups in total. The molecule has 1 saturated heterocycles. The fraction of sp³-hybridized carbons (Fsp3) is 0.370. The van der Waals surface area contributed by atoms with E-state index in [2.05, 4.69) is 34.1 Å². The molecule has 2 aliphatic carbocycles. The van der Waals surface area contributed by atoms with Gasteiger partial charge < -0.3 is 9.88 Å². The molecular weight excluding hydrogens is 514 g/mol. The van der Waals surface area contributed by atoms with Crippen LogP contribution in [-0.2, 0) is 9.59 Å². The number of benzene rings is 2. The van der Waals surface area contributed by atoms with E-state index in [1.807, 2.05) is 14.1 Å². The predicted octanol–water partition coefficient (Wildman–Crippen LogP) is 4.83. The molecule has 7 atom stereocenters. The van der Waals surface area contributed by atoms with Crippen molar-refractivity contribution in [1.29, 1.82) is 0 Å². The van der Waals surface area contributed by atoms with Crippen molar-refractivity contribution in [3.63, 3.8) is 0 Å². The summed E-state index contributed by atoms with van der Waals surface area (Å²) in [6.07, 6.45) is 0.884. The van der Waals surface area contributed by atoms with E-state index in [1.54, 1.807) is 36.0 Å². The van der Waals surface area contributed by atoms with Gasteiger partial charge in [0.1, 0.15) is 0 Å². The van der Waals surface area contributed by atoms with Crippen LogP contribution in [0.15, 0.2) is 58.4 Å². The van der Waals surface area contributed by atoms with Crippen LogP contribution in [0.1, 0.15) is 22.8 Å². The number of rotatable bonds is 3. The minimum Gasteiger partial charge on any atom is -0.378 e. The molecule has 0 spiro atoms. The minimum absolute atomic E-state index is 0.0369. The van der Waals surface area contributed by atoms with Crippen molar-refractivity contribution in [1.82, 2.24) is 4.98 Å². The average molecular weight is 538 g/mol. The number of amides is 2. The molecule has 4 aliphatic rings. The fourth-order valence-corrected chi connectivity index (χ4v) is 10.2. The number of thiazole rings is 1. The van der Waals surface area contributed by atoms with Crippen molar-refractivity contribution in [3.05, 3.63) is 73.7 Å². The molecular formula is C27H24ClN3O3S2. The molecule has 36 heavy (non-hydrogen) atoms. The Morgan fingerprint density at radius 2 is 1.61 bits per heavy atom. The van der Waals surface area contributed by atoms with Crippen LogP contribution in [0.3, 0.4) is 0 Å². The molecule has 3 heterocycles. The standard InChI is InChI=1S/C27H24ClN3O3S2/c1-30(2)14-7-3-12(4-8-14)18-19-16-11-17(22(19)35-24-23(18)36-27(34)29-24)21-20(16)25(32)31(26(21)33)15-9-5-13(28)6-10-15/h3-10,16-22H,11H2,1-2H3,(H,29,34). The maximum atomic E-state index is 13.8. The summed E-state index contributed by atoms with van der Waals surface area (Å²) in [6, 6.07) is 15.5. The second kappa shape index (κ2) is 7.97. The monoisotopic (exact) mass is 537 g/mol. The molecule has 184 valence electrons. The van der Waals surface area contributed by atoms with Crippen molar-refractivity contribution >= 4 is 57.9 Å². The molecule has 9 heteroatoms. The third kappa shape index (κ3) is 3.07. The molecule has 7 rings (SSSR count). The quantitative estimate of drug-likeness (QED) is 0.484. The van der Waals surface area contributed by atoms with E-state index in [4.69, 9.17) is 11.6 Å². The highest BCUT2D eigenvalue weighted by Gasteiger charge is 2.69. The Labute approximate surface area is 221 Å². The average Bonchev–Trinajstić information content (AvgIpc) is 3.59. The minimum atomic E-state index is -0.305. The van der Waals surface area contributed by atoms with Gasteiger partial charge in [-0.25, -0.2) is 0 Å². The predicted molar refractivity (Wildman–Crippen MR) is 143 cm³/mol. The number of thioether (sulfide) groups is 1. The Bertz CT molecular complexity index is 1450. The van der Waals surface area contributed by atoms with E-state index in [0.717, 1.165) is 22.0 Å². The van der Waals surface area contributed by atoms with Crippen LogP contribution in [-0.4, -0.2) is 36.1 Å². The first-order valence-corrected chi connectivity index (χ1v) is 14.2. The maximum absolute atomic E-state index is 13.8. The van der Waals surface area contributed by atoms with Gasteiger partial charge in [0.15, 0.2) is 0 Å². The molecule has 7 unspecified atom stereocenters. The van der Waals surface area contributed by atoms with Gasteiger partial charge in [-0.1, -0.05) is 35.1 Å². The smallest absolute Gasteiger partial charge is 0.305 e. The Kier molecular flexibility index (Phi) is 5.01. The van der Waals surface area contributed by atoms with E-state index in [9.17, 15) is 14.4 Å². The number of carbonyl (C=O) groups is 2. The van der Waals surface area contributed by atoms with Gasteiger partial charge in [0, 0.05) is 40.9 Å². The van der Waals surface area contributed by atoms with Crippen LogP contribution in [0, 0.1) is 29.6 Å². The summed E-state index contributed by atoms with van der Waals surface area (Å²) in [7, 11) is 4.03. The summed E-state index contributed by atoms with van der Waals surface area (Å²) in [4.78, 5) is 47.4. The molecule has 0 radical (unpaired) electrons. The van der Waals surface area contributed by atoms with Crippen LogP contribution in [0.4, 0.5) is 11.4 Å². The van der Waals surface area contributed by atoms with Gasteiger partial charge in [0.25, 0.3) is 0 Å². The Morgan fingerprint density at radius 1 is 0.944 bits per heavy atom. The van der Waals surface area contributed by atoms with E-state index in [-0.39, 0.29) is 57.4 Å². The summed E-state index contributed by atoms with van der Waals surface area (Å²) in [6.45, 7) is 0. The summed E-state index contributed by atoms with van der Waals surface area (Å²) >= 11 is 9.06. The van der Waals surface area contributed by atoms with Crippen molar-refractivity contribution in [2.24, 2.45) is 29.6 Å². The number of imide groups is 1. The highest BCUT2D eigenvalue weighted by Crippen LogP contribution is 2.68. The summed E-state index contributed by atoms with van der Waals surface area (Å²) < 4.78 is 0. The van der Waals surface area contributed by atoms with E-state index in [1.165, 1.54) is 21.8 Å². The number of hydrogen-bond acceptors (Lipinski definition) is 6. The van der Waals surface area contributed by atoms with Gasteiger partial charge in [-0.2, -0.15) is 0 Å². The molecule has 2 aliphatic heterocycles. The number of halogens is 1. The van der Waals surface area contributed by atoms with E-state index in [0.29, 0.717) is 10.7 Å². The second-order valence-electron chi connectivity index (χ2n) is 10.4. The zero-order valence-corrected chi connectivity index (χ0v) is 22.1. The first-order chi connectivity index (χ1) is 17.3. The largest absolute Gasteiger partial charge is 0.378 e. The molecule has 1 aromatic heterocycles. The third-order valence-electron chi connectivity index (χ3n) is 8.58. The lowest BCUT2D eigenvalue weighted by Crippen LogP contribution is -2.42. The lowest BCUT2D eigenvalue weighted by atomic mass is 9.68. The summed E-state index contributed by atoms with van der Waals surface area (Å²) in [5, 5.41) is 1.70. The van der Waals surface area contributed by atoms with Crippen molar-refractivity contribution in [2.75, 3.05) is 23.9 Å². The van der Waals surface area contributed by atoms with Crippen LogP contribution in [0.2, 0.25) is 5.02 Å². The van der Waals surface area contributed by atoms with Crippen LogP contribution >= 0.6 is 34.7 Å². The number of nitrogens with one attached hydrogen (secondary N) is 1.